The second-order valence-electron chi connectivity index (χ2n) is 9.42. The van der Waals surface area contributed by atoms with Gasteiger partial charge in [-0.2, -0.15) is 0 Å². The first kappa shape index (κ1) is 24.7. The first-order valence-corrected chi connectivity index (χ1v) is 12.2. The summed E-state index contributed by atoms with van der Waals surface area (Å²) in [5, 5.41) is 22.2. The van der Waals surface area contributed by atoms with Crippen LogP contribution in [-0.2, 0) is 14.3 Å². The summed E-state index contributed by atoms with van der Waals surface area (Å²) in [5.74, 6) is -1.67. The molecule has 0 aromatic heterocycles. The summed E-state index contributed by atoms with van der Waals surface area (Å²) in [7, 11) is 0. The van der Waals surface area contributed by atoms with E-state index in [4.69, 9.17) is 4.74 Å². The number of β-amino-alcohol motifs (C(OH)–C–C–N with tert-alkyl or cyclic N) is 1. The molecule has 4 rings (SSSR count). The highest BCUT2D eigenvalue weighted by Gasteiger charge is 2.44. The van der Waals surface area contributed by atoms with Crippen molar-refractivity contribution in [1.29, 1.82) is 0 Å². The van der Waals surface area contributed by atoms with Crippen LogP contribution in [-0.4, -0.2) is 64.4 Å². The summed E-state index contributed by atoms with van der Waals surface area (Å²) >= 11 is 0. The summed E-state index contributed by atoms with van der Waals surface area (Å²) in [6, 6.07) is 15.8. The Kier molecular flexibility index (Phi) is 7.40. The molecule has 1 heterocycles. The number of unbranched alkanes of at least 4 members (excludes halogenated alkanes) is 1. The smallest absolute Gasteiger partial charge is 0.407 e. The van der Waals surface area contributed by atoms with Crippen molar-refractivity contribution in [3.63, 3.8) is 0 Å². The quantitative estimate of drug-likeness (QED) is 0.506. The highest BCUT2D eigenvalue weighted by atomic mass is 16.5. The second-order valence-corrected chi connectivity index (χ2v) is 9.42. The lowest BCUT2D eigenvalue weighted by atomic mass is 9.98. The molecule has 3 N–H and O–H groups in total. The average Bonchev–Trinajstić information content (AvgIpc) is 3.41. The Bertz CT molecular complexity index is 1060. The van der Waals surface area contributed by atoms with Crippen LogP contribution in [0.25, 0.3) is 11.1 Å². The summed E-state index contributed by atoms with van der Waals surface area (Å²) in [4.78, 5) is 38.1. The number of nitrogens with one attached hydrogen (secondary N) is 1. The molecule has 186 valence electrons. The third-order valence-electron chi connectivity index (χ3n) is 6.99. The van der Waals surface area contributed by atoms with Gasteiger partial charge in [-0.1, -0.05) is 68.3 Å². The van der Waals surface area contributed by atoms with E-state index < -0.39 is 23.7 Å². The normalized spacial score (nSPS) is 19.7. The van der Waals surface area contributed by atoms with Gasteiger partial charge in [-0.05, 0) is 28.7 Å². The van der Waals surface area contributed by atoms with Gasteiger partial charge in [0.2, 0.25) is 5.91 Å². The van der Waals surface area contributed by atoms with E-state index in [2.05, 4.69) is 29.6 Å². The molecule has 1 saturated heterocycles. The van der Waals surface area contributed by atoms with Crippen molar-refractivity contribution in [2.24, 2.45) is 0 Å². The Morgan fingerprint density at radius 2 is 1.74 bits per heavy atom. The Morgan fingerprint density at radius 3 is 2.31 bits per heavy atom. The number of benzene rings is 2. The first-order chi connectivity index (χ1) is 16.8. The van der Waals surface area contributed by atoms with E-state index in [0.29, 0.717) is 6.42 Å². The molecule has 2 aliphatic rings. The van der Waals surface area contributed by atoms with Gasteiger partial charge in [-0.25, -0.2) is 9.59 Å². The van der Waals surface area contributed by atoms with Crippen molar-refractivity contribution in [1.82, 2.24) is 10.2 Å². The number of carboxylic acid groups (broad SMARTS) is 1. The molecule has 35 heavy (non-hydrogen) atoms. The Morgan fingerprint density at radius 1 is 1.11 bits per heavy atom. The maximum absolute atomic E-state index is 12.8. The maximum atomic E-state index is 12.8. The number of ether oxygens (including phenoxy) is 1. The Hall–Kier alpha value is -3.39. The Labute approximate surface area is 204 Å². The van der Waals surface area contributed by atoms with Crippen molar-refractivity contribution in [2.45, 2.75) is 56.6 Å². The zero-order chi connectivity index (χ0) is 25.0. The maximum Gasteiger partial charge on any atom is 0.407 e. The van der Waals surface area contributed by atoms with Gasteiger partial charge in [0.15, 0.2) is 5.60 Å². The van der Waals surface area contributed by atoms with Crippen LogP contribution < -0.4 is 5.32 Å². The minimum absolute atomic E-state index is 0.00644. The molecule has 2 aromatic carbocycles. The molecule has 2 atom stereocenters. The van der Waals surface area contributed by atoms with Crippen LogP contribution in [0.15, 0.2) is 48.5 Å². The number of aliphatic carboxylic acids is 1. The molecule has 1 unspecified atom stereocenters. The van der Waals surface area contributed by atoms with Gasteiger partial charge < -0.3 is 25.2 Å². The number of aliphatic hydroxyl groups is 1. The SMILES string of the molecule is CCCC[C@@H](CC(=O)N1CCC(O)(C(=O)O)C1)NC(=O)OCC1c2ccccc2-c2ccccc21. The van der Waals surface area contributed by atoms with E-state index in [1.54, 1.807) is 0 Å². The fourth-order valence-electron chi connectivity index (χ4n) is 5.00. The minimum Gasteiger partial charge on any atom is -0.479 e. The Balaban J connectivity index is 1.36. The number of carboxylic acids is 1. The fraction of sp³-hybridized carbons (Fsp3) is 0.444. The van der Waals surface area contributed by atoms with Crippen LogP contribution in [0.5, 0.6) is 0 Å². The van der Waals surface area contributed by atoms with Crippen LogP contribution in [0.1, 0.15) is 56.1 Å². The van der Waals surface area contributed by atoms with Crippen molar-refractivity contribution in [3.05, 3.63) is 59.7 Å². The number of hydrogen-bond acceptors (Lipinski definition) is 5. The predicted molar refractivity (Wildman–Crippen MR) is 130 cm³/mol. The molecule has 8 heteroatoms. The largest absolute Gasteiger partial charge is 0.479 e. The van der Waals surface area contributed by atoms with Crippen LogP contribution >= 0.6 is 0 Å². The van der Waals surface area contributed by atoms with E-state index in [9.17, 15) is 24.6 Å². The molecule has 2 amide bonds. The standard InChI is InChI=1S/C27H32N2O6/c1-2-3-8-18(15-24(30)29-14-13-27(34,17-29)25(31)32)28-26(33)35-16-23-21-11-6-4-9-19(21)20-10-5-7-12-22(20)23/h4-7,9-12,18,23,34H,2-3,8,13-17H2,1H3,(H,28,33)(H,31,32)/t18-,27?/m0/s1. The number of nitrogens with zero attached hydrogens (tertiary/aromatic N) is 1. The van der Waals surface area contributed by atoms with E-state index in [0.717, 1.165) is 35.1 Å². The van der Waals surface area contributed by atoms with Crippen molar-refractivity contribution >= 4 is 18.0 Å². The van der Waals surface area contributed by atoms with Crippen molar-refractivity contribution < 1.29 is 29.3 Å². The number of rotatable bonds is 9. The zero-order valence-corrected chi connectivity index (χ0v) is 19.9. The van der Waals surface area contributed by atoms with Gasteiger partial charge >= 0.3 is 12.1 Å². The molecular weight excluding hydrogens is 448 g/mol. The van der Waals surface area contributed by atoms with Gasteiger partial charge in [0, 0.05) is 31.3 Å². The highest BCUT2D eigenvalue weighted by Crippen LogP contribution is 2.44. The van der Waals surface area contributed by atoms with Gasteiger partial charge in [-0.3, -0.25) is 4.79 Å². The van der Waals surface area contributed by atoms with Gasteiger partial charge in [0.05, 0.1) is 6.54 Å². The number of alkyl carbamates (subject to hydrolysis) is 1. The lowest BCUT2D eigenvalue weighted by Gasteiger charge is -2.23. The summed E-state index contributed by atoms with van der Waals surface area (Å²) < 4.78 is 5.63. The predicted octanol–water partition coefficient (Wildman–Crippen LogP) is 3.52. The van der Waals surface area contributed by atoms with Crippen molar-refractivity contribution in [3.8, 4) is 11.1 Å². The number of carbonyl (C=O) groups excluding carboxylic acids is 2. The highest BCUT2D eigenvalue weighted by molar-refractivity contribution is 5.83. The monoisotopic (exact) mass is 480 g/mol. The van der Waals surface area contributed by atoms with Crippen LogP contribution in [0.3, 0.4) is 0 Å². The molecule has 8 nitrogen and oxygen atoms in total. The molecule has 1 aliphatic carbocycles. The number of likely N-dealkylation sites (tertiary alicyclic amines) is 1. The van der Waals surface area contributed by atoms with Crippen LogP contribution in [0, 0.1) is 0 Å². The molecule has 0 bridgehead atoms. The first-order valence-electron chi connectivity index (χ1n) is 12.2. The van der Waals surface area contributed by atoms with E-state index in [1.165, 1.54) is 4.90 Å². The molecule has 2 aromatic rings. The van der Waals surface area contributed by atoms with Gasteiger partial charge in [0.25, 0.3) is 0 Å². The summed E-state index contributed by atoms with van der Waals surface area (Å²) in [6.45, 7) is 2.14. The number of fused-ring (bicyclic) bond motifs is 3. The second kappa shape index (κ2) is 10.5. The van der Waals surface area contributed by atoms with Gasteiger partial charge in [0.1, 0.15) is 6.61 Å². The number of carbonyl (C=O) groups is 3. The molecule has 0 spiro atoms. The van der Waals surface area contributed by atoms with E-state index >= 15 is 0 Å². The zero-order valence-electron chi connectivity index (χ0n) is 19.9. The molecule has 0 radical (unpaired) electrons. The van der Waals surface area contributed by atoms with Gasteiger partial charge in [-0.15, -0.1) is 0 Å². The van der Waals surface area contributed by atoms with Crippen LogP contribution in [0.2, 0.25) is 0 Å². The van der Waals surface area contributed by atoms with Crippen LogP contribution in [0.4, 0.5) is 4.79 Å². The summed E-state index contributed by atoms with van der Waals surface area (Å²) in [5.41, 5.74) is 2.64. The van der Waals surface area contributed by atoms with Crippen molar-refractivity contribution in [2.75, 3.05) is 19.7 Å². The fourth-order valence-corrected chi connectivity index (χ4v) is 5.00. The number of hydrogen-bond donors (Lipinski definition) is 3. The summed E-state index contributed by atoms with van der Waals surface area (Å²) in [6.07, 6.45) is 1.76. The lowest BCUT2D eigenvalue weighted by molar-refractivity contribution is -0.157. The van der Waals surface area contributed by atoms with E-state index in [-0.39, 0.29) is 44.4 Å². The minimum atomic E-state index is -1.91. The molecular formula is C27H32N2O6. The lowest BCUT2D eigenvalue weighted by Crippen LogP contribution is -2.44. The average molecular weight is 481 g/mol. The third kappa shape index (κ3) is 5.32. The van der Waals surface area contributed by atoms with E-state index in [1.807, 2.05) is 31.2 Å². The third-order valence-corrected chi connectivity index (χ3v) is 6.99. The molecule has 0 saturated carbocycles. The number of amides is 2. The molecule has 1 fully saturated rings. The molecule has 1 aliphatic heterocycles. The topological polar surface area (TPSA) is 116 Å².